The molecule has 40 heavy (non-hydrogen) atoms. The monoisotopic (exact) mass is 640 g/mol. The Morgan fingerprint density at radius 2 is 1.48 bits per heavy atom. The number of fused-ring (bicyclic) bond motifs is 1. The summed E-state index contributed by atoms with van der Waals surface area (Å²) in [6.07, 6.45) is -0.0623. The molecule has 1 atom stereocenters. The number of carbonyl (C=O) groups excluding carboxylic acids is 4. The molecular weight excluding hydrogens is 626 g/mol. The first-order valence-electron chi connectivity index (χ1n) is 11.7. The summed E-state index contributed by atoms with van der Waals surface area (Å²) >= 11 is 30.7. The summed E-state index contributed by atoms with van der Waals surface area (Å²) < 4.78 is 10.9. The lowest BCUT2D eigenvalue weighted by Gasteiger charge is -2.20. The highest BCUT2D eigenvalue weighted by molar-refractivity contribution is 6.56. The second-order valence-electron chi connectivity index (χ2n) is 9.04. The predicted molar refractivity (Wildman–Crippen MR) is 153 cm³/mol. The number of methoxy groups -OCH3 is 1. The fourth-order valence-corrected chi connectivity index (χ4v) is 5.86. The molecule has 0 saturated carbocycles. The van der Waals surface area contributed by atoms with E-state index in [1.165, 1.54) is 30.2 Å². The van der Waals surface area contributed by atoms with E-state index in [1.54, 1.807) is 25.1 Å². The van der Waals surface area contributed by atoms with Crippen molar-refractivity contribution in [1.29, 1.82) is 0 Å². The Morgan fingerprint density at radius 3 is 2.05 bits per heavy atom. The maximum absolute atomic E-state index is 13.2. The molecule has 3 aromatic rings. The van der Waals surface area contributed by atoms with Gasteiger partial charge < -0.3 is 14.4 Å². The molecule has 3 amide bonds. The molecule has 0 spiro atoms. The molecule has 1 fully saturated rings. The molecule has 0 aliphatic carbocycles. The minimum absolute atomic E-state index is 0.0623. The van der Waals surface area contributed by atoms with E-state index in [9.17, 15) is 19.2 Å². The van der Waals surface area contributed by atoms with Crippen LogP contribution in [0.1, 0.15) is 32.7 Å². The predicted octanol–water partition coefficient (Wildman–Crippen LogP) is 7.03. The zero-order chi connectivity index (χ0) is 29.0. The van der Waals surface area contributed by atoms with Crippen molar-refractivity contribution >= 4 is 93.1 Å². The standard InChI is InChI=1S/C27H17Cl5N2O6/c1-11-7-14(40-27(38)12-8-18(35)33(10-12)16-9-13(28)3-6-17(16)39-2)4-5-15(11)34-25(36)19-20(26(34)37)22(30)24(32)23(31)21(19)29/h3-7,9,12H,8,10H2,1-2H3/t12-/m1/s1. The van der Waals surface area contributed by atoms with E-state index in [0.717, 1.165) is 4.90 Å². The molecular formula is C27H17Cl5N2O6. The quantitative estimate of drug-likeness (QED) is 0.0976. The van der Waals surface area contributed by atoms with Crippen LogP contribution in [0, 0.1) is 12.8 Å². The van der Waals surface area contributed by atoms with Gasteiger partial charge in [-0.2, -0.15) is 0 Å². The van der Waals surface area contributed by atoms with Crippen LogP contribution in [0.4, 0.5) is 11.4 Å². The van der Waals surface area contributed by atoms with Gasteiger partial charge in [0, 0.05) is 18.0 Å². The molecule has 0 bridgehead atoms. The van der Waals surface area contributed by atoms with E-state index in [2.05, 4.69) is 0 Å². The molecule has 2 heterocycles. The lowest BCUT2D eigenvalue weighted by atomic mass is 10.1. The maximum atomic E-state index is 13.2. The number of nitrogens with zero attached hydrogens (tertiary/aromatic N) is 2. The van der Waals surface area contributed by atoms with Crippen LogP contribution in [0.2, 0.25) is 25.1 Å². The Morgan fingerprint density at radius 1 is 0.850 bits per heavy atom. The van der Waals surface area contributed by atoms with E-state index in [1.807, 2.05) is 0 Å². The second kappa shape index (κ2) is 10.8. The molecule has 0 aromatic heterocycles. The van der Waals surface area contributed by atoms with Gasteiger partial charge in [-0.15, -0.1) is 0 Å². The fourth-order valence-electron chi connectivity index (χ4n) is 4.68. The van der Waals surface area contributed by atoms with E-state index in [0.29, 0.717) is 22.0 Å². The van der Waals surface area contributed by atoms with Crippen LogP contribution in [0.5, 0.6) is 11.5 Å². The van der Waals surface area contributed by atoms with Gasteiger partial charge in [-0.3, -0.25) is 19.2 Å². The lowest BCUT2D eigenvalue weighted by molar-refractivity contribution is -0.139. The van der Waals surface area contributed by atoms with Crippen molar-refractivity contribution < 1.29 is 28.7 Å². The second-order valence-corrected chi connectivity index (χ2v) is 11.0. The molecule has 3 aromatic carbocycles. The van der Waals surface area contributed by atoms with Gasteiger partial charge in [0.1, 0.15) is 11.5 Å². The highest BCUT2D eigenvalue weighted by atomic mass is 35.5. The summed E-state index contributed by atoms with van der Waals surface area (Å²) in [7, 11) is 1.47. The van der Waals surface area contributed by atoms with Crippen LogP contribution in [0.25, 0.3) is 0 Å². The van der Waals surface area contributed by atoms with E-state index in [-0.39, 0.29) is 61.5 Å². The van der Waals surface area contributed by atoms with Gasteiger partial charge in [0.25, 0.3) is 11.8 Å². The van der Waals surface area contributed by atoms with Gasteiger partial charge in [-0.05, 0) is 48.9 Å². The number of halogens is 5. The minimum atomic E-state index is -0.744. The number of aryl methyl sites for hydroxylation is 1. The van der Waals surface area contributed by atoms with Crippen LogP contribution < -0.4 is 19.3 Å². The SMILES string of the molecule is COc1ccc(Cl)cc1N1C[C@H](C(=O)Oc2ccc(N3C(=O)c4c(Cl)c(Cl)c(Cl)c(Cl)c4C3=O)c(C)c2)CC1=O. The van der Waals surface area contributed by atoms with Crippen molar-refractivity contribution in [3.05, 3.63) is 78.2 Å². The Hall–Kier alpha value is -3.01. The van der Waals surface area contributed by atoms with Gasteiger partial charge in [-0.25, -0.2) is 4.90 Å². The summed E-state index contributed by atoms with van der Waals surface area (Å²) in [4.78, 5) is 54.4. The smallest absolute Gasteiger partial charge is 0.316 e. The number of ether oxygens (including phenoxy) is 2. The molecule has 5 rings (SSSR count). The number of anilines is 2. The van der Waals surface area contributed by atoms with E-state index >= 15 is 0 Å². The molecule has 0 N–H and O–H groups in total. The molecule has 0 unspecified atom stereocenters. The van der Waals surface area contributed by atoms with Gasteiger partial charge in [-0.1, -0.05) is 58.0 Å². The lowest BCUT2D eigenvalue weighted by Crippen LogP contribution is -2.30. The topological polar surface area (TPSA) is 93.2 Å². The third-order valence-corrected chi connectivity index (χ3v) is 8.66. The average Bonchev–Trinajstić information content (AvgIpc) is 3.43. The van der Waals surface area contributed by atoms with Crippen molar-refractivity contribution in [3.63, 3.8) is 0 Å². The number of rotatable bonds is 5. The molecule has 1 saturated heterocycles. The van der Waals surface area contributed by atoms with Crippen molar-refractivity contribution in [1.82, 2.24) is 0 Å². The summed E-state index contributed by atoms with van der Waals surface area (Å²) in [5, 5.41) is -0.200. The highest BCUT2D eigenvalue weighted by Gasteiger charge is 2.43. The third kappa shape index (κ3) is 4.67. The Labute approximate surface area is 253 Å². The highest BCUT2D eigenvalue weighted by Crippen LogP contribution is 2.46. The van der Waals surface area contributed by atoms with E-state index in [4.69, 9.17) is 67.5 Å². The summed E-state index contributed by atoms with van der Waals surface area (Å²) in [5.41, 5.74) is 0.831. The van der Waals surface area contributed by atoms with Gasteiger partial charge in [0.15, 0.2) is 0 Å². The van der Waals surface area contributed by atoms with Crippen LogP contribution >= 0.6 is 58.0 Å². The van der Waals surface area contributed by atoms with Crippen molar-refractivity contribution in [2.75, 3.05) is 23.5 Å². The largest absolute Gasteiger partial charge is 0.495 e. The number of esters is 1. The zero-order valence-electron chi connectivity index (χ0n) is 20.7. The molecule has 8 nitrogen and oxygen atoms in total. The third-order valence-electron chi connectivity index (χ3n) is 6.62. The average molecular weight is 643 g/mol. The number of amides is 3. The number of imide groups is 1. The molecule has 2 aliphatic heterocycles. The number of hydrogen-bond acceptors (Lipinski definition) is 6. The zero-order valence-corrected chi connectivity index (χ0v) is 24.5. The number of hydrogen-bond donors (Lipinski definition) is 0. The number of benzene rings is 3. The minimum Gasteiger partial charge on any atom is -0.495 e. The molecule has 206 valence electrons. The first kappa shape index (κ1) is 28.5. The van der Waals surface area contributed by atoms with Crippen LogP contribution in [0.15, 0.2) is 36.4 Å². The van der Waals surface area contributed by atoms with Crippen molar-refractivity contribution in [2.24, 2.45) is 5.92 Å². The van der Waals surface area contributed by atoms with Crippen LogP contribution in [-0.2, 0) is 9.59 Å². The molecule has 0 radical (unpaired) electrons. The van der Waals surface area contributed by atoms with Crippen LogP contribution in [0.3, 0.4) is 0 Å². The Kier molecular flexibility index (Phi) is 7.67. The molecule has 2 aliphatic rings. The Balaban J connectivity index is 1.35. The summed E-state index contributed by atoms with van der Waals surface area (Å²) in [6.45, 7) is 1.71. The van der Waals surface area contributed by atoms with Crippen LogP contribution in [-0.4, -0.2) is 37.3 Å². The number of carbonyl (C=O) groups is 4. The first-order valence-corrected chi connectivity index (χ1v) is 13.5. The van der Waals surface area contributed by atoms with Crippen molar-refractivity contribution in [2.45, 2.75) is 13.3 Å². The van der Waals surface area contributed by atoms with Gasteiger partial charge in [0.05, 0.1) is 55.6 Å². The van der Waals surface area contributed by atoms with Gasteiger partial charge >= 0.3 is 5.97 Å². The normalized spacial score (nSPS) is 16.6. The van der Waals surface area contributed by atoms with E-state index < -0.39 is 23.7 Å². The maximum Gasteiger partial charge on any atom is 0.316 e. The van der Waals surface area contributed by atoms with Crippen molar-refractivity contribution in [3.8, 4) is 11.5 Å². The first-order chi connectivity index (χ1) is 18.9. The van der Waals surface area contributed by atoms with Gasteiger partial charge in [0.2, 0.25) is 5.91 Å². The Bertz CT molecular complexity index is 1600. The summed E-state index contributed by atoms with van der Waals surface area (Å²) in [5.74, 6) is -2.48. The molecule has 13 heteroatoms. The fraction of sp³-hybridized carbons (Fsp3) is 0.185. The summed E-state index contributed by atoms with van der Waals surface area (Å²) in [6, 6.07) is 9.25.